The zero-order valence-electron chi connectivity index (χ0n) is 12.0. The van der Waals surface area contributed by atoms with Gasteiger partial charge in [0, 0.05) is 6.42 Å². The molecule has 1 atom stereocenters. The summed E-state index contributed by atoms with van der Waals surface area (Å²) in [5.74, 6) is 0.638. The molecule has 0 fully saturated rings. The Kier molecular flexibility index (Phi) is 3.04. The van der Waals surface area contributed by atoms with Gasteiger partial charge in [-0.25, -0.2) is 0 Å². The number of nitrogens with one attached hydrogen (secondary N) is 1. The Bertz CT molecular complexity index is 851. The molecule has 1 amide bonds. The molecule has 0 saturated carbocycles. The lowest BCUT2D eigenvalue weighted by atomic mass is 9.99. The van der Waals surface area contributed by atoms with Crippen LogP contribution in [0.1, 0.15) is 5.56 Å². The van der Waals surface area contributed by atoms with Crippen LogP contribution < -0.4 is 10.1 Å². The van der Waals surface area contributed by atoms with Crippen molar-refractivity contribution in [2.75, 3.05) is 5.32 Å². The molecule has 0 bridgehead atoms. The van der Waals surface area contributed by atoms with Crippen LogP contribution in [0.5, 0.6) is 5.75 Å². The second kappa shape index (κ2) is 5.19. The quantitative estimate of drug-likeness (QED) is 0.779. The predicted molar refractivity (Wildman–Crippen MR) is 87.1 cm³/mol. The minimum Gasteiger partial charge on any atom is -0.478 e. The Morgan fingerprint density at radius 1 is 0.909 bits per heavy atom. The molecule has 0 aliphatic carbocycles. The topological polar surface area (TPSA) is 38.3 Å². The van der Waals surface area contributed by atoms with Gasteiger partial charge in [0.15, 0.2) is 6.10 Å². The number of hydrogen-bond donors (Lipinski definition) is 1. The summed E-state index contributed by atoms with van der Waals surface area (Å²) in [6, 6.07) is 21.9. The van der Waals surface area contributed by atoms with E-state index in [-0.39, 0.29) is 5.91 Å². The highest BCUT2D eigenvalue weighted by atomic mass is 16.5. The maximum absolute atomic E-state index is 12.3. The van der Waals surface area contributed by atoms with Crippen LogP contribution in [0.25, 0.3) is 10.8 Å². The van der Waals surface area contributed by atoms with E-state index in [1.54, 1.807) is 0 Å². The number of carbonyl (C=O) groups is 1. The van der Waals surface area contributed by atoms with Crippen LogP contribution in [-0.2, 0) is 11.2 Å². The Morgan fingerprint density at radius 2 is 1.68 bits per heavy atom. The van der Waals surface area contributed by atoms with Gasteiger partial charge in [0.1, 0.15) is 5.75 Å². The summed E-state index contributed by atoms with van der Waals surface area (Å²) in [5.41, 5.74) is 1.86. The van der Waals surface area contributed by atoms with E-state index < -0.39 is 6.10 Å². The van der Waals surface area contributed by atoms with E-state index in [1.807, 2.05) is 42.5 Å². The van der Waals surface area contributed by atoms with Crippen LogP contribution in [0.4, 0.5) is 5.69 Å². The van der Waals surface area contributed by atoms with Crippen molar-refractivity contribution in [3.8, 4) is 5.75 Å². The fourth-order valence-corrected chi connectivity index (χ4v) is 2.90. The minimum atomic E-state index is -0.499. The van der Waals surface area contributed by atoms with E-state index in [1.165, 1.54) is 10.8 Å². The highest BCUT2D eigenvalue weighted by Crippen LogP contribution is 2.30. The molecule has 3 nitrogen and oxygen atoms in total. The molecule has 3 heteroatoms. The number of rotatable bonds is 2. The number of benzene rings is 3. The molecule has 3 aromatic carbocycles. The fraction of sp³-hybridized carbons (Fsp3) is 0.105. The number of carbonyl (C=O) groups excluding carboxylic acids is 1. The average molecular weight is 289 g/mol. The molecule has 1 N–H and O–H groups in total. The molecule has 1 aliphatic heterocycles. The number of amides is 1. The SMILES string of the molecule is O=C1Nc2ccccc2OC1Cc1cccc2ccccc12. The van der Waals surface area contributed by atoms with Crippen molar-refractivity contribution in [3.05, 3.63) is 72.3 Å². The van der Waals surface area contributed by atoms with E-state index in [0.29, 0.717) is 6.42 Å². The lowest BCUT2D eigenvalue weighted by Crippen LogP contribution is -2.38. The van der Waals surface area contributed by atoms with Gasteiger partial charge in [0.05, 0.1) is 5.69 Å². The Morgan fingerprint density at radius 3 is 2.64 bits per heavy atom. The van der Waals surface area contributed by atoms with Crippen molar-refractivity contribution in [2.24, 2.45) is 0 Å². The first-order chi connectivity index (χ1) is 10.8. The van der Waals surface area contributed by atoms with Gasteiger partial charge in [-0.15, -0.1) is 0 Å². The van der Waals surface area contributed by atoms with Gasteiger partial charge in [0.2, 0.25) is 0 Å². The largest absolute Gasteiger partial charge is 0.478 e. The minimum absolute atomic E-state index is 0.0911. The van der Waals surface area contributed by atoms with Gasteiger partial charge in [-0.1, -0.05) is 54.6 Å². The van der Waals surface area contributed by atoms with E-state index in [9.17, 15) is 4.79 Å². The molecule has 1 heterocycles. The summed E-state index contributed by atoms with van der Waals surface area (Å²) in [7, 11) is 0. The number of hydrogen-bond acceptors (Lipinski definition) is 2. The van der Waals surface area contributed by atoms with Gasteiger partial charge in [-0.05, 0) is 28.5 Å². The molecule has 3 aromatic rings. The third-order valence-electron chi connectivity index (χ3n) is 3.99. The number of ether oxygens (including phenoxy) is 1. The van der Waals surface area contributed by atoms with Crippen LogP contribution in [0.3, 0.4) is 0 Å². The van der Waals surface area contributed by atoms with Gasteiger partial charge < -0.3 is 10.1 Å². The molecule has 0 radical (unpaired) electrons. The van der Waals surface area contributed by atoms with Crippen molar-refractivity contribution < 1.29 is 9.53 Å². The third kappa shape index (κ3) is 2.21. The predicted octanol–water partition coefficient (Wildman–Crippen LogP) is 3.78. The van der Waals surface area contributed by atoms with Gasteiger partial charge >= 0.3 is 0 Å². The lowest BCUT2D eigenvalue weighted by Gasteiger charge is -2.26. The zero-order chi connectivity index (χ0) is 14.9. The number of fused-ring (bicyclic) bond motifs is 2. The van der Waals surface area contributed by atoms with Crippen molar-refractivity contribution >= 4 is 22.4 Å². The first-order valence-corrected chi connectivity index (χ1v) is 7.34. The van der Waals surface area contributed by atoms with E-state index >= 15 is 0 Å². The molecule has 0 saturated heterocycles. The fourth-order valence-electron chi connectivity index (χ4n) is 2.90. The molecular weight excluding hydrogens is 274 g/mol. The van der Waals surface area contributed by atoms with Gasteiger partial charge in [0.25, 0.3) is 5.91 Å². The molecule has 22 heavy (non-hydrogen) atoms. The van der Waals surface area contributed by atoms with Crippen LogP contribution >= 0.6 is 0 Å². The van der Waals surface area contributed by atoms with E-state index in [2.05, 4.69) is 29.6 Å². The van der Waals surface area contributed by atoms with E-state index in [0.717, 1.165) is 17.0 Å². The van der Waals surface area contributed by atoms with Crippen LogP contribution in [0.2, 0.25) is 0 Å². The second-order valence-corrected chi connectivity index (χ2v) is 5.43. The summed E-state index contributed by atoms with van der Waals surface area (Å²) in [5, 5.41) is 5.26. The Labute approximate surface area is 128 Å². The third-order valence-corrected chi connectivity index (χ3v) is 3.99. The molecule has 0 spiro atoms. The average Bonchev–Trinajstić information content (AvgIpc) is 2.56. The number of para-hydroxylation sites is 2. The van der Waals surface area contributed by atoms with Crippen LogP contribution in [-0.4, -0.2) is 12.0 Å². The highest BCUT2D eigenvalue weighted by molar-refractivity contribution is 5.98. The van der Waals surface area contributed by atoms with Crippen molar-refractivity contribution in [1.82, 2.24) is 0 Å². The summed E-state index contributed by atoms with van der Waals surface area (Å²) >= 11 is 0. The van der Waals surface area contributed by atoms with Gasteiger partial charge in [-0.3, -0.25) is 4.79 Å². The highest BCUT2D eigenvalue weighted by Gasteiger charge is 2.27. The Balaban J connectivity index is 1.67. The van der Waals surface area contributed by atoms with E-state index in [4.69, 9.17) is 4.74 Å². The lowest BCUT2D eigenvalue weighted by molar-refractivity contribution is -0.123. The second-order valence-electron chi connectivity index (χ2n) is 5.43. The summed E-state index contributed by atoms with van der Waals surface area (Å²) in [6.45, 7) is 0. The smallest absolute Gasteiger partial charge is 0.265 e. The Hall–Kier alpha value is -2.81. The first-order valence-electron chi connectivity index (χ1n) is 7.34. The van der Waals surface area contributed by atoms with Crippen LogP contribution in [0.15, 0.2) is 66.7 Å². The molecule has 1 aliphatic rings. The summed E-state index contributed by atoms with van der Waals surface area (Å²) in [4.78, 5) is 12.3. The standard InChI is InChI=1S/C19H15NO2/c21-19-18(22-17-11-4-3-10-16(17)20-19)12-14-8-5-7-13-6-1-2-9-15(13)14/h1-11,18H,12H2,(H,20,21). The molecule has 0 aromatic heterocycles. The normalized spacial score (nSPS) is 16.7. The maximum Gasteiger partial charge on any atom is 0.265 e. The summed E-state index contributed by atoms with van der Waals surface area (Å²) in [6.07, 6.45) is 0.0577. The zero-order valence-corrected chi connectivity index (χ0v) is 12.0. The van der Waals surface area contributed by atoms with Crippen LogP contribution in [0, 0.1) is 0 Å². The molecule has 108 valence electrons. The van der Waals surface area contributed by atoms with Crippen molar-refractivity contribution in [3.63, 3.8) is 0 Å². The maximum atomic E-state index is 12.3. The first kappa shape index (κ1) is 12.9. The molecular formula is C19H15NO2. The molecule has 1 unspecified atom stereocenters. The molecule has 4 rings (SSSR count). The van der Waals surface area contributed by atoms with Crippen molar-refractivity contribution in [1.29, 1.82) is 0 Å². The van der Waals surface area contributed by atoms with Crippen molar-refractivity contribution in [2.45, 2.75) is 12.5 Å². The monoisotopic (exact) mass is 289 g/mol. The van der Waals surface area contributed by atoms with Gasteiger partial charge in [-0.2, -0.15) is 0 Å². The summed E-state index contributed by atoms with van der Waals surface area (Å²) < 4.78 is 5.88. The number of anilines is 1.